The molecule has 1 aliphatic rings. The molecule has 0 aromatic rings. The van der Waals surface area contributed by atoms with Crippen molar-refractivity contribution in [1.82, 2.24) is 0 Å². The molecule has 0 saturated carbocycles. The molecule has 0 bridgehead atoms. The number of rotatable bonds is 6. The van der Waals surface area contributed by atoms with Crippen molar-refractivity contribution in [3.05, 3.63) is 12.3 Å². The van der Waals surface area contributed by atoms with E-state index >= 15 is 0 Å². The molecule has 0 N–H and O–H groups in total. The molecule has 0 amide bonds. The average molecular weight is 202 g/mol. The third-order valence-electron chi connectivity index (χ3n) is 2.08. The van der Waals surface area contributed by atoms with Crippen LogP contribution in [0.1, 0.15) is 13.3 Å². The Balaban J connectivity index is 2.03. The first-order chi connectivity index (χ1) is 6.84. The van der Waals surface area contributed by atoms with Crippen molar-refractivity contribution in [2.45, 2.75) is 25.6 Å². The van der Waals surface area contributed by atoms with Crippen molar-refractivity contribution in [1.29, 1.82) is 0 Å². The fraction of sp³-hybridized carbons (Fsp3) is 0.800. The third kappa shape index (κ3) is 4.09. The van der Waals surface area contributed by atoms with Gasteiger partial charge in [-0.25, -0.2) is 0 Å². The smallest absolute Gasteiger partial charge is 0.147 e. The quantitative estimate of drug-likeness (QED) is 0.481. The molecule has 82 valence electrons. The highest BCUT2D eigenvalue weighted by Crippen LogP contribution is 2.14. The van der Waals surface area contributed by atoms with Gasteiger partial charge in [-0.15, -0.1) is 0 Å². The van der Waals surface area contributed by atoms with Crippen molar-refractivity contribution < 1.29 is 18.9 Å². The van der Waals surface area contributed by atoms with Crippen molar-refractivity contribution in [2.24, 2.45) is 0 Å². The minimum absolute atomic E-state index is 0.0996. The topological polar surface area (TPSA) is 36.9 Å². The average Bonchev–Trinajstić information content (AvgIpc) is 2.20. The van der Waals surface area contributed by atoms with E-state index in [9.17, 15) is 0 Å². The summed E-state index contributed by atoms with van der Waals surface area (Å²) in [6.07, 6.45) is 4.76. The van der Waals surface area contributed by atoms with E-state index in [2.05, 4.69) is 0 Å². The Labute approximate surface area is 84.8 Å². The molecule has 4 nitrogen and oxygen atoms in total. The van der Waals surface area contributed by atoms with E-state index in [4.69, 9.17) is 18.9 Å². The van der Waals surface area contributed by atoms with Gasteiger partial charge in [-0.1, -0.05) is 0 Å². The molecule has 0 radical (unpaired) electrons. The van der Waals surface area contributed by atoms with Crippen LogP contribution in [0.25, 0.3) is 0 Å². The Morgan fingerprint density at radius 1 is 1.43 bits per heavy atom. The van der Waals surface area contributed by atoms with Crippen LogP contribution in [0, 0.1) is 0 Å². The zero-order chi connectivity index (χ0) is 10.2. The summed E-state index contributed by atoms with van der Waals surface area (Å²) in [7, 11) is 1.64. The molecule has 0 unspecified atom stereocenters. The minimum Gasteiger partial charge on any atom is -0.496 e. The van der Waals surface area contributed by atoms with Crippen LogP contribution < -0.4 is 0 Å². The Bertz CT molecular complexity index is 170. The SMILES string of the molecule is COCCOCO[C@@H]1CC=CO[C@H]1C. The van der Waals surface area contributed by atoms with E-state index in [0.717, 1.165) is 6.42 Å². The van der Waals surface area contributed by atoms with Crippen LogP contribution in [-0.4, -0.2) is 39.3 Å². The molecule has 0 aromatic heterocycles. The van der Waals surface area contributed by atoms with Gasteiger partial charge in [0.25, 0.3) is 0 Å². The summed E-state index contributed by atoms with van der Waals surface area (Å²) < 4.78 is 20.8. The van der Waals surface area contributed by atoms with Gasteiger partial charge in [0, 0.05) is 7.11 Å². The Morgan fingerprint density at radius 3 is 3.00 bits per heavy atom. The maximum absolute atomic E-state index is 5.49. The number of methoxy groups -OCH3 is 1. The summed E-state index contributed by atoms with van der Waals surface area (Å²) in [5, 5.41) is 0. The molecule has 0 spiro atoms. The number of ether oxygens (including phenoxy) is 4. The monoisotopic (exact) mass is 202 g/mol. The summed E-state index contributed by atoms with van der Waals surface area (Å²) >= 11 is 0. The van der Waals surface area contributed by atoms with Gasteiger partial charge in [-0.2, -0.15) is 0 Å². The lowest BCUT2D eigenvalue weighted by atomic mass is 10.1. The maximum Gasteiger partial charge on any atom is 0.147 e. The van der Waals surface area contributed by atoms with Gasteiger partial charge < -0.3 is 18.9 Å². The Hall–Kier alpha value is -0.580. The number of hydrogen-bond donors (Lipinski definition) is 0. The van der Waals surface area contributed by atoms with Crippen LogP contribution in [-0.2, 0) is 18.9 Å². The fourth-order valence-electron chi connectivity index (χ4n) is 1.19. The van der Waals surface area contributed by atoms with Crippen LogP contribution in [0.4, 0.5) is 0 Å². The van der Waals surface area contributed by atoms with E-state index in [1.54, 1.807) is 13.4 Å². The normalized spacial score (nSPS) is 26.1. The van der Waals surface area contributed by atoms with Crippen LogP contribution >= 0.6 is 0 Å². The highest BCUT2D eigenvalue weighted by Gasteiger charge is 2.19. The maximum atomic E-state index is 5.49. The van der Waals surface area contributed by atoms with Gasteiger partial charge in [0.2, 0.25) is 0 Å². The lowest BCUT2D eigenvalue weighted by Crippen LogP contribution is -2.30. The van der Waals surface area contributed by atoms with Crippen LogP contribution in [0.5, 0.6) is 0 Å². The van der Waals surface area contributed by atoms with Crippen molar-refractivity contribution >= 4 is 0 Å². The van der Waals surface area contributed by atoms with Crippen LogP contribution in [0.2, 0.25) is 0 Å². The summed E-state index contributed by atoms with van der Waals surface area (Å²) in [4.78, 5) is 0. The van der Waals surface area contributed by atoms with Gasteiger partial charge >= 0.3 is 0 Å². The summed E-state index contributed by atoms with van der Waals surface area (Å²) in [6.45, 7) is 3.45. The highest BCUT2D eigenvalue weighted by atomic mass is 16.7. The molecule has 1 heterocycles. The first-order valence-corrected chi connectivity index (χ1v) is 4.83. The number of hydrogen-bond acceptors (Lipinski definition) is 4. The van der Waals surface area contributed by atoms with Crippen LogP contribution in [0.3, 0.4) is 0 Å². The summed E-state index contributed by atoms with van der Waals surface area (Å²) in [5.74, 6) is 0. The second kappa shape index (κ2) is 6.81. The molecule has 0 saturated heterocycles. The fourth-order valence-corrected chi connectivity index (χ4v) is 1.19. The second-order valence-corrected chi connectivity index (χ2v) is 3.17. The van der Waals surface area contributed by atoms with E-state index in [0.29, 0.717) is 20.0 Å². The van der Waals surface area contributed by atoms with Crippen molar-refractivity contribution in [3.63, 3.8) is 0 Å². The first-order valence-electron chi connectivity index (χ1n) is 4.83. The molecule has 0 aliphatic carbocycles. The van der Waals surface area contributed by atoms with E-state index in [1.165, 1.54) is 0 Å². The Morgan fingerprint density at radius 2 is 2.29 bits per heavy atom. The van der Waals surface area contributed by atoms with E-state index < -0.39 is 0 Å². The van der Waals surface area contributed by atoms with Gasteiger partial charge in [-0.05, 0) is 19.4 Å². The van der Waals surface area contributed by atoms with Gasteiger partial charge in [-0.3, -0.25) is 0 Å². The van der Waals surface area contributed by atoms with Gasteiger partial charge in [0.05, 0.1) is 19.5 Å². The van der Waals surface area contributed by atoms with Gasteiger partial charge in [0.15, 0.2) is 0 Å². The summed E-state index contributed by atoms with van der Waals surface area (Å²) in [5.41, 5.74) is 0. The third-order valence-corrected chi connectivity index (χ3v) is 2.08. The molecular formula is C10H18O4. The zero-order valence-corrected chi connectivity index (χ0v) is 8.77. The molecule has 14 heavy (non-hydrogen) atoms. The lowest BCUT2D eigenvalue weighted by Gasteiger charge is -2.25. The first kappa shape index (κ1) is 11.5. The molecule has 1 aliphatic heterocycles. The van der Waals surface area contributed by atoms with E-state index in [1.807, 2.05) is 13.0 Å². The standard InChI is InChI=1S/C10H18O4/c1-9-10(4-3-5-13-9)14-8-12-7-6-11-2/h3,5,9-10H,4,6-8H2,1-2H3/t9-,10+/m0/s1. The summed E-state index contributed by atoms with van der Waals surface area (Å²) in [6, 6.07) is 0. The minimum atomic E-state index is 0.0996. The largest absolute Gasteiger partial charge is 0.496 e. The molecule has 0 fully saturated rings. The highest BCUT2D eigenvalue weighted by molar-refractivity contribution is 4.87. The predicted molar refractivity (Wildman–Crippen MR) is 51.9 cm³/mol. The Kier molecular flexibility index (Phi) is 5.59. The van der Waals surface area contributed by atoms with Crippen molar-refractivity contribution in [3.8, 4) is 0 Å². The van der Waals surface area contributed by atoms with Gasteiger partial charge in [0.1, 0.15) is 19.0 Å². The molecule has 0 aromatic carbocycles. The zero-order valence-electron chi connectivity index (χ0n) is 8.77. The van der Waals surface area contributed by atoms with Crippen LogP contribution in [0.15, 0.2) is 12.3 Å². The van der Waals surface area contributed by atoms with Crippen molar-refractivity contribution in [2.75, 3.05) is 27.1 Å². The second-order valence-electron chi connectivity index (χ2n) is 3.17. The molecule has 1 rings (SSSR count). The molecular weight excluding hydrogens is 184 g/mol. The molecule has 4 heteroatoms. The lowest BCUT2D eigenvalue weighted by molar-refractivity contribution is -0.130. The predicted octanol–water partition coefficient (Wildman–Crippen LogP) is 1.31. The van der Waals surface area contributed by atoms with E-state index in [-0.39, 0.29) is 12.2 Å². The molecule has 2 atom stereocenters.